The molecular weight excluding hydrogens is 436 g/mol. The van der Waals surface area contributed by atoms with Crippen LogP contribution in [0.3, 0.4) is 0 Å². The average Bonchev–Trinajstić information content (AvgIpc) is 3.23. The summed E-state index contributed by atoms with van der Waals surface area (Å²) >= 11 is 7.37. The van der Waals surface area contributed by atoms with Gasteiger partial charge in [-0.2, -0.15) is 0 Å². The second-order valence-electron chi connectivity index (χ2n) is 7.09. The molecule has 0 radical (unpaired) electrons. The number of carbonyl (C=O) groups excluding carboxylic acids is 2. The number of nitrogens with zero attached hydrogens (tertiary/aromatic N) is 2. The maximum atomic E-state index is 13.1. The Morgan fingerprint density at radius 2 is 1.74 bits per heavy atom. The van der Waals surface area contributed by atoms with Gasteiger partial charge >= 0.3 is 5.91 Å². The highest BCUT2D eigenvalue weighted by molar-refractivity contribution is 7.16. The zero-order chi connectivity index (χ0) is 22.3. The number of aliphatic hydroxyl groups excluding tert-OH is 1. The summed E-state index contributed by atoms with van der Waals surface area (Å²) in [6, 6.07) is 12.6. The molecule has 6 nitrogen and oxygen atoms in total. The van der Waals surface area contributed by atoms with Crippen molar-refractivity contribution in [2.75, 3.05) is 12.0 Å². The van der Waals surface area contributed by atoms with Crippen molar-refractivity contribution >= 4 is 45.5 Å². The Morgan fingerprint density at radius 1 is 1.10 bits per heavy atom. The number of thiazole rings is 1. The van der Waals surface area contributed by atoms with Crippen molar-refractivity contribution < 1.29 is 19.4 Å². The van der Waals surface area contributed by atoms with Gasteiger partial charge in [0.25, 0.3) is 5.78 Å². The highest BCUT2D eigenvalue weighted by Gasteiger charge is 2.48. The standard InChI is InChI=1S/C23H19ClN2O4S/c1-12-13(2)31-23(25-12)26-19(14-4-8-16(24)9-5-14)18(21(28)22(26)29)20(27)15-6-10-17(30-3)11-7-15/h4-11,19,27H,1-3H3. The summed E-state index contributed by atoms with van der Waals surface area (Å²) in [7, 11) is 1.54. The first-order valence-corrected chi connectivity index (χ1v) is 10.7. The highest BCUT2D eigenvalue weighted by Crippen LogP contribution is 2.43. The van der Waals surface area contributed by atoms with E-state index >= 15 is 0 Å². The fourth-order valence-electron chi connectivity index (χ4n) is 3.45. The normalized spacial score (nSPS) is 17.9. The molecule has 0 saturated carbocycles. The Bertz CT molecular complexity index is 1180. The van der Waals surface area contributed by atoms with Crippen LogP contribution in [0.25, 0.3) is 5.76 Å². The zero-order valence-electron chi connectivity index (χ0n) is 17.0. The van der Waals surface area contributed by atoms with E-state index in [1.807, 2.05) is 13.8 Å². The van der Waals surface area contributed by atoms with Gasteiger partial charge < -0.3 is 9.84 Å². The second kappa shape index (κ2) is 8.17. The molecule has 1 aliphatic rings. The van der Waals surface area contributed by atoms with Crippen LogP contribution in [0.15, 0.2) is 54.1 Å². The third-order valence-corrected chi connectivity index (χ3v) is 6.54. The van der Waals surface area contributed by atoms with Crippen molar-refractivity contribution in [3.8, 4) is 5.75 Å². The van der Waals surface area contributed by atoms with Crippen molar-refractivity contribution in [3.63, 3.8) is 0 Å². The fraction of sp³-hybridized carbons (Fsp3) is 0.174. The van der Waals surface area contributed by atoms with Gasteiger partial charge in [-0.15, -0.1) is 11.3 Å². The lowest BCUT2D eigenvalue weighted by molar-refractivity contribution is -0.132. The van der Waals surface area contributed by atoms with Gasteiger partial charge in [-0.3, -0.25) is 14.5 Å². The molecule has 3 aromatic rings. The van der Waals surface area contributed by atoms with E-state index in [1.54, 1.807) is 55.6 Å². The van der Waals surface area contributed by atoms with E-state index in [9.17, 15) is 14.7 Å². The van der Waals surface area contributed by atoms with Crippen molar-refractivity contribution in [2.45, 2.75) is 19.9 Å². The van der Waals surface area contributed by atoms with Crippen LogP contribution in [0.2, 0.25) is 5.02 Å². The smallest absolute Gasteiger partial charge is 0.301 e. The molecule has 1 fully saturated rings. The predicted molar refractivity (Wildman–Crippen MR) is 121 cm³/mol. The van der Waals surface area contributed by atoms with Gasteiger partial charge in [-0.25, -0.2) is 4.98 Å². The van der Waals surface area contributed by atoms with Crippen LogP contribution >= 0.6 is 22.9 Å². The van der Waals surface area contributed by atoms with E-state index in [1.165, 1.54) is 16.2 Å². The van der Waals surface area contributed by atoms with E-state index in [-0.39, 0.29) is 11.3 Å². The molecule has 4 rings (SSSR count). The lowest BCUT2D eigenvalue weighted by Crippen LogP contribution is -2.29. The van der Waals surface area contributed by atoms with Gasteiger partial charge in [0.1, 0.15) is 11.5 Å². The van der Waals surface area contributed by atoms with Crippen LogP contribution in [0.5, 0.6) is 5.75 Å². The van der Waals surface area contributed by atoms with Crippen molar-refractivity contribution in [1.82, 2.24) is 4.98 Å². The molecule has 0 bridgehead atoms. The fourth-order valence-corrected chi connectivity index (χ4v) is 4.52. The van der Waals surface area contributed by atoms with Crippen molar-refractivity contribution in [3.05, 3.63) is 80.8 Å². The van der Waals surface area contributed by atoms with E-state index < -0.39 is 17.7 Å². The molecule has 0 spiro atoms. The van der Waals surface area contributed by atoms with E-state index in [0.29, 0.717) is 27.0 Å². The van der Waals surface area contributed by atoms with Crippen LogP contribution in [-0.4, -0.2) is 28.9 Å². The minimum Gasteiger partial charge on any atom is -0.507 e. The van der Waals surface area contributed by atoms with Crippen LogP contribution in [-0.2, 0) is 9.59 Å². The molecule has 2 heterocycles. The van der Waals surface area contributed by atoms with Gasteiger partial charge in [-0.1, -0.05) is 23.7 Å². The van der Waals surface area contributed by atoms with Crippen LogP contribution in [0.4, 0.5) is 5.13 Å². The number of amides is 1. The van der Waals surface area contributed by atoms with Crippen molar-refractivity contribution in [2.24, 2.45) is 0 Å². The van der Waals surface area contributed by atoms with Gasteiger partial charge in [0.05, 0.1) is 24.4 Å². The first-order valence-electron chi connectivity index (χ1n) is 9.46. The number of halogens is 1. The molecule has 1 N–H and O–H groups in total. The SMILES string of the molecule is COc1ccc(C(O)=C2C(=O)C(=O)N(c3nc(C)c(C)s3)C2c2ccc(Cl)cc2)cc1. The van der Waals surface area contributed by atoms with Gasteiger partial charge in [0, 0.05) is 15.5 Å². The Kier molecular flexibility index (Phi) is 5.56. The van der Waals surface area contributed by atoms with Crippen LogP contribution < -0.4 is 9.64 Å². The molecule has 31 heavy (non-hydrogen) atoms. The number of methoxy groups -OCH3 is 1. The number of anilines is 1. The molecule has 1 amide bonds. The largest absolute Gasteiger partial charge is 0.507 e. The Balaban J connectivity index is 1.92. The summed E-state index contributed by atoms with van der Waals surface area (Å²) in [4.78, 5) is 32.9. The predicted octanol–water partition coefficient (Wildman–Crippen LogP) is 5.05. The van der Waals surface area contributed by atoms with E-state index in [0.717, 1.165) is 10.6 Å². The lowest BCUT2D eigenvalue weighted by atomic mass is 9.95. The number of aliphatic hydroxyl groups is 1. The number of benzene rings is 2. The number of ether oxygens (including phenoxy) is 1. The molecular formula is C23H19ClN2O4S. The monoisotopic (exact) mass is 454 g/mol. The highest BCUT2D eigenvalue weighted by atomic mass is 35.5. The molecule has 1 unspecified atom stereocenters. The second-order valence-corrected chi connectivity index (χ2v) is 8.71. The topological polar surface area (TPSA) is 79.7 Å². The molecule has 1 aliphatic heterocycles. The number of rotatable bonds is 4. The number of carbonyl (C=O) groups is 2. The third kappa shape index (κ3) is 3.71. The Hall–Kier alpha value is -3.16. The maximum Gasteiger partial charge on any atom is 0.301 e. The molecule has 1 aromatic heterocycles. The minimum atomic E-state index is -0.829. The number of aromatic nitrogens is 1. The molecule has 1 atom stereocenters. The summed E-state index contributed by atoms with van der Waals surface area (Å²) < 4.78 is 5.16. The summed E-state index contributed by atoms with van der Waals surface area (Å²) in [6.45, 7) is 3.75. The Morgan fingerprint density at radius 3 is 2.29 bits per heavy atom. The van der Waals surface area contributed by atoms with Crippen LogP contribution in [0.1, 0.15) is 27.7 Å². The Labute approximate surface area is 188 Å². The van der Waals surface area contributed by atoms with Crippen molar-refractivity contribution in [1.29, 1.82) is 0 Å². The first-order chi connectivity index (χ1) is 14.8. The van der Waals surface area contributed by atoms with Gasteiger partial charge in [0.2, 0.25) is 0 Å². The number of hydrogen-bond donors (Lipinski definition) is 1. The molecule has 8 heteroatoms. The first kappa shape index (κ1) is 21.1. The lowest BCUT2D eigenvalue weighted by Gasteiger charge is -2.23. The summed E-state index contributed by atoms with van der Waals surface area (Å²) in [5.74, 6) is -1.14. The van der Waals surface area contributed by atoms with Gasteiger partial charge in [-0.05, 0) is 55.8 Å². The zero-order valence-corrected chi connectivity index (χ0v) is 18.6. The quantitative estimate of drug-likeness (QED) is 0.339. The van der Waals surface area contributed by atoms with E-state index in [2.05, 4.69) is 4.98 Å². The number of Topliss-reactive ketones (excluding diaryl/α,β-unsaturated/α-hetero) is 1. The number of aryl methyl sites for hydroxylation is 2. The number of ketones is 1. The number of hydrogen-bond acceptors (Lipinski definition) is 6. The molecule has 158 valence electrons. The summed E-state index contributed by atoms with van der Waals surface area (Å²) in [6.07, 6.45) is 0. The minimum absolute atomic E-state index is 0.00277. The average molecular weight is 455 g/mol. The van der Waals surface area contributed by atoms with Crippen LogP contribution in [0, 0.1) is 13.8 Å². The molecule has 0 aliphatic carbocycles. The van der Waals surface area contributed by atoms with Gasteiger partial charge in [0.15, 0.2) is 5.13 Å². The summed E-state index contributed by atoms with van der Waals surface area (Å²) in [5, 5.41) is 12.0. The molecule has 1 saturated heterocycles. The van der Waals surface area contributed by atoms with E-state index in [4.69, 9.17) is 16.3 Å². The third-order valence-electron chi connectivity index (χ3n) is 5.22. The maximum absolute atomic E-state index is 13.1. The molecule has 2 aromatic carbocycles. The summed E-state index contributed by atoms with van der Waals surface area (Å²) in [5.41, 5.74) is 1.84.